The van der Waals surface area contributed by atoms with E-state index in [1.807, 2.05) is 6.92 Å². The molecule has 0 aliphatic heterocycles. The molecule has 2 rings (SSSR count). The second-order valence-corrected chi connectivity index (χ2v) is 3.41. The van der Waals surface area contributed by atoms with E-state index in [1.54, 1.807) is 30.6 Å². The molecule has 0 aliphatic rings. The van der Waals surface area contributed by atoms with Crippen LogP contribution in [0.5, 0.6) is 17.4 Å². The van der Waals surface area contributed by atoms with Gasteiger partial charge in [0.15, 0.2) is 0 Å². The highest BCUT2D eigenvalue weighted by Gasteiger charge is 2.06. The number of hydrogen-bond acceptors (Lipinski definition) is 4. The zero-order valence-electron chi connectivity index (χ0n) is 9.60. The minimum absolute atomic E-state index is 0.315. The van der Waals surface area contributed by atoms with Gasteiger partial charge in [0.2, 0.25) is 5.88 Å². The molecule has 1 aromatic heterocycles. The summed E-state index contributed by atoms with van der Waals surface area (Å²) in [7, 11) is 1.52. The highest BCUT2D eigenvalue weighted by Crippen LogP contribution is 2.30. The first kappa shape index (κ1) is 11.2. The highest BCUT2D eigenvalue weighted by atomic mass is 16.5. The number of rotatable bonds is 3. The monoisotopic (exact) mass is 230 g/mol. The SMILES string of the molecule is COc1cc(Oc2nccnc2C)ccc1[NH]. The van der Waals surface area contributed by atoms with Gasteiger partial charge in [0.05, 0.1) is 18.5 Å². The lowest BCUT2D eigenvalue weighted by molar-refractivity contribution is 0.407. The number of nitrogens with zero attached hydrogens (tertiary/aromatic N) is 2. The third kappa shape index (κ3) is 2.44. The number of aryl methyl sites for hydroxylation is 1. The lowest BCUT2D eigenvalue weighted by Gasteiger charge is -2.08. The highest BCUT2D eigenvalue weighted by molar-refractivity contribution is 5.53. The fourth-order valence-corrected chi connectivity index (χ4v) is 1.34. The van der Waals surface area contributed by atoms with Gasteiger partial charge in [-0.3, -0.25) is 10.7 Å². The molecular formula is C12H12N3O2. The molecule has 0 fully saturated rings. The van der Waals surface area contributed by atoms with E-state index in [0.717, 1.165) is 0 Å². The zero-order valence-corrected chi connectivity index (χ0v) is 9.60. The lowest BCUT2D eigenvalue weighted by Crippen LogP contribution is -1.94. The Balaban J connectivity index is 2.28. The summed E-state index contributed by atoms with van der Waals surface area (Å²) in [6.07, 6.45) is 3.17. The van der Waals surface area contributed by atoms with Gasteiger partial charge in [-0.25, -0.2) is 4.98 Å². The van der Waals surface area contributed by atoms with Gasteiger partial charge >= 0.3 is 0 Å². The van der Waals surface area contributed by atoms with E-state index in [0.29, 0.717) is 28.8 Å². The Labute approximate surface area is 99.2 Å². The van der Waals surface area contributed by atoms with Crippen LogP contribution in [0.1, 0.15) is 5.69 Å². The van der Waals surface area contributed by atoms with E-state index >= 15 is 0 Å². The van der Waals surface area contributed by atoms with Crippen LogP contribution in [0.2, 0.25) is 0 Å². The first-order chi connectivity index (χ1) is 8.20. The molecule has 0 amide bonds. The Hall–Kier alpha value is -2.30. The molecule has 0 saturated heterocycles. The van der Waals surface area contributed by atoms with Gasteiger partial charge < -0.3 is 9.47 Å². The standard InChI is InChI=1S/C12H12N3O2/c1-8-12(15-6-5-14-8)17-9-3-4-10(13)11(7-9)16-2/h3-7,13H,1-2H3. The predicted molar refractivity (Wildman–Crippen MR) is 62.6 cm³/mol. The van der Waals surface area contributed by atoms with Crippen molar-refractivity contribution in [3.8, 4) is 17.4 Å². The molecule has 17 heavy (non-hydrogen) atoms. The van der Waals surface area contributed by atoms with Crippen LogP contribution in [0.15, 0.2) is 30.6 Å². The van der Waals surface area contributed by atoms with Crippen LogP contribution >= 0.6 is 0 Å². The quantitative estimate of drug-likeness (QED) is 0.812. The minimum atomic E-state index is 0.315. The van der Waals surface area contributed by atoms with Crippen molar-refractivity contribution in [1.82, 2.24) is 15.7 Å². The summed E-state index contributed by atoms with van der Waals surface area (Å²) in [5.41, 5.74) is 8.61. The van der Waals surface area contributed by atoms with Crippen molar-refractivity contribution >= 4 is 5.69 Å². The molecule has 1 radical (unpaired) electrons. The van der Waals surface area contributed by atoms with E-state index in [1.165, 1.54) is 7.11 Å². The number of aromatic nitrogens is 2. The molecule has 0 aliphatic carbocycles. The van der Waals surface area contributed by atoms with Crippen molar-refractivity contribution in [3.05, 3.63) is 36.3 Å². The maximum absolute atomic E-state index is 7.58. The van der Waals surface area contributed by atoms with Crippen molar-refractivity contribution in [3.63, 3.8) is 0 Å². The fraction of sp³-hybridized carbons (Fsp3) is 0.167. The topological polar surface area (TPSA) is 68.0 Å². The maximum atomic E-state index is 7.58. The fourth-order valence-electron chi connectivity index (χ4n) is 1.34. The maximum Gasteiger partial charge on any atom is 0.240 e. The Morgan fingerprint density at radius 1 is 1.18 bits per heavy atom. The third-order valence-corrected chi connectivity index (χ3v) is 2.22. The van der Waals surface area contributed by atoms with Crippen LogP contribution in [0.3, 0.4) is 0 Å². The number of methoxy groups -OCH3 is 1. The van der Waals surface area contributed by atoms with Crippen molar-refractivity contribution in [2.75, 3.05) is 7.11 Å². The van der Waals surface area contributed by atoms with Crippen LogP contribution in [0, 0.1) is 6.92 Å². The first-order valence-corrected chi connectivity index (χ1v) is 5.06. The second kappa shape index (κ2) is 4.69. The van der Waals surface area contributed by atoms with Crippen molar-refractivity contribution < 1.29 is 9.47 Å². The lowest BCUT2D eigenvalue weighted by atomic mass is 10.3. The minimum Gasteiger partial charge on any atom is -0.494 e. The molecule has 0 bridgehead atoms. The first-order valence-electron chi connectivity index (χ1n) is 5.06. The van der Waals surface area contributed by atoms with Gasteiger partial charge in [0.1, 0.15) is 11.5 Å². The van der Waals surface area contributed by atoms with Crippen molar-refractivity contribution in [2.24, 2.45) is 0 Å². The van der Waals surface area contributed by atoms with Crippen LogP contribution in [-0.4, -0.2) is 17.1 Å². The van der Waals surface area contributed by atoms with Crippen molar-refractivity contribution in [1.29, 1.82) is 0 Å². The molecule has 1 aromatic carbocycles. The molecule has 0 atom stereocenters. The van der Waals surface area contributed by atoms with Crippen LogP contribution in [0.4, 0.5) is 5.69 Å². The van der Waals surface area contributed by atoms with E-state index in [2.05, 4.69) is 9.97 Å². The molecule has 5 nitrogen and oxygen atoms in total. The van der Waals surface area contributed by atoms with Crippen LogP contribution in [-0.2, 0) is 0 Å². The molecule has 0 spiro atoms. The second-order valence-electron chi connectivity index (χ2n) is 3.41. The van der Waals surface area contributed by atoms with Crippen LogP contribution in [0.25, 0.3) is 0 Å². The predicted octanol–water partition coefficient (Wildman–Crippen LogP) is 2.50. The van der Waals surface area contributed by atoms with E-state index in [4.69, 9.17) is 15.2 Å². The molecule has 0 unspecified atom stereocenters. The van der Waals surface area contributed by atoms with E-state index in [-0.39, 0.29) is 0 Å². The number of ether oxygens (including phenoxy) is 2. The Bertz CT molecular complexity index is 529. The summed E-state index contributed by atoms with van der Waals surface area (Å²) in [5, 5.41) is 0. The van der Waals surface area contributed by atoms with Gasteiger partial charge in [-0.15, -0.1) is 0 Å². The Morgan fingerprint density at radius 3 is 2.65 bits per heavy atom. The Kier molecular flexibility index (Phi) is 3.09. The summed E-state index contributed by atoms with van der Waals surface area (Å²) in [6, 6.07) is 4.95. The molecular weight excluding hydrogens is 218 g/mol. The Morgan fingerprint density at radius 2 is 1.94 bits per heavy atom. The number of hydrogen-bond donors (Lipinski definition) is 0. The van der Waals surface area contributed by atoms with Crippen molar-refractivity contribution in [2.45, 2.75) is 6.92 Å². The van der Waals surface area contributed by atoms with E-state index < -0.39 is 0 Å². The molecule has 2 aromatic rings. The van der Waals surface area contributed by atoms with Gasteiger partial charge in [-0.2, -0.15) is 0 Å². The summed E-state index contributed by atoms with van der Waals surface area (Å²) in [5.74, 6) is 1.48. The van der Waals surface area contributed by atoms with Crippen LogP contribution < -0.4 is 15.2 Å². The van der Waals surface area contributed by atoms with E-state index in [9.17, 15) is 0 Å². The summed E-state index contributed by atoms with van der Waals surface area (Å²) < 4.78 is 10.6. The summed E-state index contributed by atoms with van der Waals surface area (Å²) in [4.78, 5) is 8.16. The smallest absolute Gasteiger partial charge is 0.240 e. The average molecular weight is 230 g/mol. The molecule has 0 saturated carbocycles. The van der Waals surface area contributed by atoms with Gasteiger partial charge in [0.25, 0.3) is 0 Å². The molecule has 1 heterocycles. The zero-order chi connectivity index (χ0) is 12.3. The molecule has 1 N–H and O–H groups in total. The number of nitrogens with one attached hydrogen (secondary N) is 1. The summed E-state index contributed by atoms with van der Waals surface area (Å²) in [6.45, 7) is 1.82. The van der Waals surface area contributed by atoms with Gasteiger partial charge in [0, 0.05) is 18.5 Å². The normalized spacial score (nSPS) is 10.0. The van der Waals surface area contributed by atoms with Gasteiger partial charge in [-0.1, -0.05) is 0 Å². The largest absolute Gasteiger partial charge is 0.494 e. The molecule has 87 valence electrons. The third-order valence-electron chi connectivity index (χ3n) is 2.22. The average Bonchev–Trinajstić information content (AvgIpc) is 2.34. The van der Waals surface area contributed by atoms with Gasteiger partial charge in [-0.05, 0) is 19.1 Å². The number of benzene rings is 1. The summed E-state index contributed by atoms with van der Waals surface area (Å²) >= 11 is 0. The molecule has 5 heteroatoms.